The Kier molecular flexibility index (Phi) is 6.91. The summed E-state index contributed by atoms with van der Waals surface area (Å²) in [5, 5.41) is 17.3. The summed E-state index contributed by atoms with van der Waals surface area (Å²) in [4.78, 5) is 12.2. The molecule has 0 aromatic carbocycles. The van der Waals surface area contributed by atoms with Gasteiger partial charge in [-0.1, -0.05) is 0 Å². The van der Waals surface area contributed by atoms with Gasteiger partial charge in [-0.05, 0) is 12.8 Å². The van der Waals surface area contributed by atoms with E-state index in [1.807, 2.05) is 0 Å². The number of hydrogen-bond donors (Lipinski definition) is 2. The second-order valence-corrected chi connectivity index (χ2v) is 4.15. The summed E-state index contributed by atoms with van der Waals surface area (Å²) in [5.74, 6) is 0.290. The van der Waals surface area contributed by atoms with Gasteiger partial charge >= 0.3 is 6.09 Å². The highest BCUT2D eigenvalue weighted by Gasteiger charge is 2.22. The molecular weight excluding hydrogens is 226 g/mol. The molecule has 1 unspecified atom stereocenters. The molecule has 6 nitrogen and oxygen atoms in total. The van der Waals surface area contributed by atoms with E-state index in [9.17, 15) is 4.79 Å². The normalized spacial score (nSPS) is 20.5. The number of amides is 1. The van der Waals surface area contributed by atoms with Crippen molar-refractivity contribution in [3.05, 3.63) is 0 Å². The summed E-state index contributed by atoms with van der Waals surface area (Å²) in [6.45, 7) is 3.08. The molecular formula is C11H21NO5. The fourth-order valence-corrected chi connectivity index (χ4v) is 1.91. The Morgan fingerprint density at radius 2 is 2.06 bits per heavy atom. The van der Waals surface area contributed by atoms with Crippen molar-refractivity contribution in [1.29, 1.82) is 0 Å². The number of rotatable bonds is 7. The van der Waals surface area contributed by atoms with Crippen LogP contribution in [0.2, 0.25) is 0 Å². The van der Waals surface area contributed by atoms with Gasteiger partial charge in [0.25, 0.3) is 0 Å². The maximum Gasteiger partial charge on any atom is 0.407 e. The van der Waals surface area contributed by atoms with Crippen LogP contribution in [0, 0.1) is 5.92 Å². The zero-order chi connectivity index (χ0) is 12.5. The maximum absolute atomic E-state index is 10.8. The summed E-state index contributed by atoms with van der Waals surface area (Å²) in [6, 6.07) is 0. The zero-order valence-electron chi connectivity index (χ0n) is 10.0. The van der Waals surface area contributed by atoms with E-state index in [4.69, 9.17) is 19.7 Å². The van der Waals surface area contributed by atoms with Gasteiger partial charge in [0.15, 0.2) is 0 Å². The lowest BCUT2D eigenvalue weighted by Gasteiger charge is -2.30. The molecule has 1 rings (SSSR count). The average molecular weight is 247 g/mol. The van der Waals surface area contributed by atoms with E-state index in [2.05, 4.69) is 0 Å². The van der Waals surface area contributed by atoms with Crippen molar-refractivity contribution in [2.45, 2.75) is 12.8 Å². The molecule has 17 heavy (non-hydrogen) atoms. The first-order chi connectivity index (χ1) is 8.24. The molecule has 0 aromatic heterocycles. The molecule has 1 heterocycles. The van der Waals surface area contributed by atoms with Gasteiger partial charge in [-0.15, -0.1) is 0 Å². The minimum Gasteiger partial charge on any atom is -0.465 e. The monoisotopic (exact) mass is 247 g/mol. The first kappa shape index (κ1) is 14.2. The molecule has 0 saturated carbocycles. The summed E-state index contributed by atoms with van der Waals surface area (Å²) >= 11 is 0. The van der Waals surface area contributed by atoms with Crippen LogP contribution in [-0.2, 0) is 9.47 Å². The molecule has 1 aliphatic rings. The quantitative estimate of drug-likeness (QED) is 0.637. The van der Waals surface area contributed by atoms with Crippen LogP contribution >= 0.6 is 0 Å². The Hall–Kier alpha value is -0.850. The molecule has 0 radical (unpaired) electrons. The molecule has 1 atom stereocenters. The van der Waals surface area contributed by atoms with E-state index >= 15 is 0 Å². The predicted molar refractivity (Wildman–Crippen MR) is 61.0 cm³/mol. The van der Waals surface area contributed by atoms with E-state index in [1.165, 1.54) is 4.90 Å². The lowest BCUT2D eigenvalue weighted by Crippen LogP contribution is -2.40. The van der Waals surface area contributed by atoms with Crippen molar-refractivity contribution < 1.29 is 24.5 Å². The van der Waals surface area contributed by atoms with Gasteiger partial charge in [0.2, 0.25) is 0 Å². The predicted octanol–water partition coefficient (Wildman–Crippen LogP) is 0.402. The fraction of sp³-hybridized carbons (Fsp3) is 0.909. The van der Waals surface area contributed by atoms with E-state index in [0.717, 1.165) is 12.8 Å². The molecule has 0 spiro atoms. The second kappa shape index (κ2) is 8.27. The van der Waals surface area contributed by atoms with Crippen molar-refractivity contribution in [3.8, 4) is 0 Å². The van der Waals surface area contributed by atoms with Crippen LogP contribution in [0.4, 0.5) is 4.79 Å². The second-order valence-electron chi connectivity index (χ2n) is 4.15. The highest BCUT2D eigenvalue weighted by atomic mass is 16.5. The Labute approximate surface area is 101 Å². The number of aliphatic hydroxyl groups excluding tert-OH is 1. The molecule has 1 fully saturated rings. The van der Waals surface area contributed by atoms with E-state index in [0.29, 0.717) is 39.5 Å². The number of ether oxygens (including phenoxy) is 2. The van der Waals surface area contributed by atoms with Crippen molar-refractivity contribution in [2.24, 2.45) is 5.92 Å². The summed E-state index contributed by atoms with van der Waals surface area (Å²) in [5.41, 5.74) is 0. The number of aliphatic hydroxyl groups is 1. The molecule has 1 amide bonds. The molecule has 1 aliphatic heterocycles. The smallest absolute Gasteiger partial charge is 0.407 e. The van der Waals surface area contributed by atoms with Gasteiger partial charge in [-0.25, -0.2) is 4.79 Å². The van der Waals surface area contributed by atoms with Crippen LogP contribution in [-0.4, -0.2) is 67.3 Å². The first-order valence-corrected chi connectivity index (χ1v) is 5.98. The van der Waals surface area contributed by atoms with Gasteiger partial charge in [-0.2, -0.15) is 0 Å². The topological polar surface area (TPSA) is 79.2 Å². The minimum absolute atomic E-state index is 0.0240. The highest BCUT2D eigenvalue weighted by molar-refractivity contribution is 5.65. The van der Waals surface area contributed by atoms with Crippen molar-refractivity contribution in [1.82, 2.24) is 4.90 Å². The summed E-state index contributed by atoms with van der Waals surface area (Å²) in [6.07, 6.45) is 1.07. The number of carboxylic acid groups (broad SMARTS) is 1. The molecule has 6 heteroatoms. The third-order valence-corrected chi connectivity index (χ3v) is 2.75. The highest BCUT2D eigenvalue weighted by Crippen LogP contribution is 2.16. The Morgan fingerprint density at radius 1 is 1.29 bits per heavy atom. The van der Waals surface area contributed by atoms with Crippen LogP contribution in [0.15, 0.2) is 0 Å². The minimum atomic E-state index is -0.846. The van der Waals surface area contributed by atoms with Crippen LogP contribution in [0.3, 0.4) is 0 Å². The van der Waals surface area contributed by atoms with Gasteiger partial charge in [-0.3, -0.25) is 0 Å². The van der Waals surface area contributed by atoms with Crippen molar-refractivity contribution >= 4 is 6.09 Å². The lowest BCUT2D eigenvalue weighted by atomic mass is 9.99. The number of piperidine rings is 1. The standard InChI is InChI=1S/C11H21NO5/c13-4-5-16-6-7-17-9-10-2-1-3-12(8-10)11(14)15/h10,13H,1-9H2,(H,14,15). The lowest BCUT2D eigenvalue weighted by molar-refractivity contribution is 0.0116. The molecule has 0 bridgehead atoms. The number of hydrogen-bond acceptors (Lipinski definition) is 4. The Morgan fingerprint density at radius 3 is 2.76 bits per heavy atom. The van der Waals surface area contributed by atoms with E-state index in [1.54, 1.807) is 0 Å². The zero-order valence-corrected chi connectivity index (χ0v) is 10.0. The molecule has 1 saturated heterocycles. The molecule has 2 N–H and O–H groups in total. The van der Waals surface area contributed by atoms with Crippen LogP contribution in [0.5, 0.6) is 0 Å². The maximum atomic E-state index is 10.8. The van der Waals surface area contributed by atoms with Crippen molar-refractivity contribution in [3.63, 3.8) is 0 Å². The first-order valence-electron chi connectivity index (χ1n) is 5.98. The molecule has 100 valence electrons. The Bertz CT molecular complexity index is 224. The van der Waals surface area contributed by atoms with E-state index < -0.39 is 6.09 Å². The SMILES string of the molecule is O=C(O)N1CCCC(COCCOCCO)C1. The number of nitrogens with zero attached hydrogens (tertiary/aromatic N) is 1. The third kappa shape index (κ3) is 5.86. The van der Waals surface area contributed by atoms with Gasteiger partial charge in [0.05, 0.1) is 33.0 Å². The van der Waals surface area contributed by atoms with Crippen LogP contribution < -0.4 is 0 Å². The van der Waals surface area contributed by atoms with Gasteiger partial charge in [0.1, 0.15) is 0 Å². The van der Waals surface area contributed by atoms with Crippen LogP contribution in [0.25, 0.3) is 0 Å². The van der Waals surface area contributed by atoms with E-state index in [-0.39, 0.29) is 12.5 Å². The van der Waals surface area contributed by atoms with Crippen LogP contribution in [0.1, 0.15) is 12.8 Å². The van der Waals surface area contributed by atoms with Gasteiger partial charge in [0, 0.05) is 19.0 Å². The average Bonchev–Trinajstić information content (AvgIpc) is 2.34. The largest absolute Gasteiger partial charge is 0.465 e. The molecule has 0 aliphatic carbocycles. The van der Waals surface area contributed by atoms with Gasteiger partial charge < -0.3 is 24.6 Å². The summed E-state index contributed by atoms with van der Waals surface area (Å²) in [7, 11) is 0. The molecule has 0 aromatic rings. The fourth-order valence-electron chi connectivity index (χ4n) is 1.91. The number of carbonyl (C=O) groups is 1. The summed E-state index contributed by atoms with van der Waals surface area (Å²) < 4.78 is 10.5. The third-order valence-electron chi connectivity index (χ3n) is 2.75. The Balaban J connectivity index is 2.04. The number of likely N-dealkylation sites (tertiary alicyclic amines) is 1. The van der Waals surface area contributed by atoms with Crippen molar-refractivity contribution in [2.75, 3.05) is 46.1 Å².